The molecule has 1 aliphatic carbocycles. The molecular weight excluding hydrogens is 446 g/mol. The molecule has 0 radical (unpaired) electrons. The van der Waals surface area contributed by atoms with Gasteiger partial charge in [0.1, 0.15) is 5.75 Å². The third-order valence-corrected chi connectivity index (χ3v) is 4.31. The molecule has 3 rings (SSSR count). The number of para-hydroxylation sites is 1. The van der Waals surface area contributed by atoms with Crippen LogP contribution in [-0.2, 0) is 14.3 Å². The average molecular weight is 476 g/mol. The molecule has 6 heteroatoms. The lowest BCUT2D eigenvalue weighted by Gasteiger charge is -2.09. The van der Waals surface area contributed by atoms with Gasteiger partial charge in [0.15, 0.2) is 0 Å². The van der Waals surface area contributed by atoms with E-state index in [1.807, 2.05) is 37.4 Å². The third-order valence-electron chi connectivity index (χ3n) is 3.99. The van der Waals surface area contributed by atoms with E-state index in [0.717, 1.165) is 24.2 Å². The fraction of sp³-hybridized carbons (Fsp3) is 0.333. The monoisotopic (exact) mass is 475 g/mol. The van der Waals surface area contributed by atoms with Gasteiger partial charge in [-0.05, 0) is 43.3 Å². The van der Waals surface area contributed by atoms with Crippen LogP contribution in [0.4, 0.5) is 0 Å². The molecule has 0 saturated carbocycles. The van der Waals surface area contributed by atoms with Crippen LogP contribution in [-0.4, -0.2) is 37.5 Å². The van der Waals surface area contributed by atoms with Crippen molar-refractivity contribution >= 4 is 33.9 Å². The molecular formula is C24H30BrNO4. The number of carbonyl (C=O) groups excluding carboxylic acids is 2. The number of ether oxygens (including phenoxy) is 2. The Kier molecular flexibility index (Phi) is 13.1. The van der Waals surface area contributed by atoms with Crippen LogP contribution < -0.4 is 10.1 Å². The van der Waals surface area contributed by atoms with Crippen molar-refractivity contribution in [3.8, 4) is 5.75 Å². The lowest BCUT2D eigenvalue weighted by Crippen LogP contribution is -2.10. The van der Waals surface area contributed by atoms with E-state index in [0.29, 0.717) is 5.92 Å². The van der Waals surface area contributed by atoms with Gasteiger partial charge in [0.2, 0.25) is 0 Å². The highest BCUT2D eigenvalue weighted by Gasteiger charge is 2.15. The summed E-state index contributed by atoms with van der Waals surface area (Å²) in [6.07, 6.45) is 5.74. The number of esters is 2. The summed E-state index contributed by atoms with van der Waals surface area (Å²) in [4.78, 5) is 19.6. The number of carbonyl (C=O) groups is 2. The van der Waals surface area contributed by atoms with Crippen molar-refractivity contribution in [3.05, 3.63) is 71.8 Å². The van der Waals surface area contributed by atoms with Gasteiger partial charge in [0, 0.05) is 25.1 Å². The summed E-state index contributed by atoms with van der Waals surface area (Å²) in [6.45, 7) is 4.18. The van der Waals surface area contributed by atoms with E-state index in [-0.39, 0.29) is 0 Å². The SMILES string of the molecule is BrCCOc1ccccc1.CC(=O)OC(C)=O.CNCCC1C=Cc2ccccc21. The Hall–Kier alpha value is -2.44. The van der Waals surface area contributed by atoms with Crippen molar-refractivity contribution < 1.29 is 19.1 Å². The van der Waals surface area contributed by atoms with Gasteiger partial charge in [-0.3, -0.25) is 9.59 Å². The molecule has 5 nitrogen and oxygen atoms in total. The molecule has 30 heavy (non-hydrogen) atoms. The van der Waals surface area contributed by atoms with Crippen LogP contribution >= 0.6 is 15.9 Å². The molecule has 0 aromatic heterocycles. The van der Waals surface area contributed by atoms with Gasteiger partial charge in [-0.2, -0.15) is 0 Å². The minimum Gasteiger partial charge on any atom is -0.493 e. The number of rotatable bonds is 6. The molecule has 1 N–H and O–H groups in total. The van der Waals surface area contributed by atoms with Crippen LogP contribution in [0.1, 0.15) is 37.3 Å². The fourth-order valence-electron chi connectivity index (χ4n) is 2.75. The number of alkyl halides is 1. The lowest BCUT2D eigenvalue weighted by molar-refractivity contribution is -0.156. The number of nitrogens with one attached hydrogen (secondary N) is 1. The van der Waals surface area contributed by atoms with E-state index < -0.39 is 11.9 Å². The summed E-state index contributed by atoms with van der Waals surface area (Å²) in [6, 6.07) is 18.4. The van der Waals surface area contributed by atoms with Crippen LogP contribution in [0.15, 0.2) is 60.7 Å². The first-order valence-electron chi connectivity index (χ1n) is 9.82. The summed E-state index contributed by atoms with van der Waals surface area (Å²) < 4.78 is 9.28. The zero-order valence-corrected chi connectivity index (χ0v) is 19.4. The molecule has 0 aliphatic heterocycles. The zero-order valence-electron chi connectivity index (χ0n) is 17.8. The maximum absolute atomic E-state index is 9.81. The van der Waals surface area contributed by atoms with Crippen LogP contribution in [0.5, 0.6) is 5.75 Å². The van der Waals surface area contributed by atoms with Gasteiger partial charge in [0.05, 0.1) is 6.61 Å². The minimum atomic E-state index is -0.562. The Morgan fingerprint density at radius 2 is 1.63 bits per heavy atom. The van der Waals surface area contributed by atoms with Crippen molar-refractivity contribution in [2.45, 2.75) is 26.2 Å². The predicted molar refractivity (Wildman–Crippen MR) is 125 cm³/mol. The first-order chi connectivity index (χ1) is 14.5. The fourth-order valence-corrected chi connectivity index (χ4v) is 2.91. The van der Waals surface area contributed by atoms with E-state index in [4.69, 9.17) is 4.74 Å². The van der Waals surface area contributed by atoms with Gasteiger partial charge < -0.3 is 14.8 Å². The largest absolute Gasteiger partial charge is 0.493 e. The molecule has 162 valence electrons. The second-order valence-electron chi connectivity index (χ2n) is 6.42. The topological polar surface area (TPSA) is 64.6 Å². The average Bonchev–Trinajstić information content (AvgIpc) is 3.14. The van der Waals surface area contributed by atoms with E-state index in [1.165, 1.54) is 31.4 Å². The molecule has 0 spiro atoms. The summed E-state index contributed by atoms with van der Waals surface area (Å²) in [5, 5.41) is 4.07. The number of benzene rings is 2. The van der Waals surface area contributed by atoms with Gasteiger partial charge >= 0.3 is 11.9 Å². The molecule has 0 amide bonds. The number of halogens is 1. The zero-order chi connectivity index (χ0) is 22.2. The Labute approximate surface area is 187 Å². The van der Waals surface area contributed by atoms with Gasteiger partial charge in [-0.1, -0.05) is 70.5 Å². The molecule has 0 saturated heterocycles. The van der Waals surface area contributed by atoms with Gasteiger partial charge in [-0.15, -0.1) is 0 Å². The Morgan fingerprint density at radius 3 is 2.20 bits per heavy atom. The van der Waals surface area contributed by atoms with Crippen molar-refractivity contribution in [2.75, 3.05) is 25.5 Å². The number of fused-ring (bicyclic) bond motifs is 1. The number of hydrogen-bond acceptors (Lipinski definition) is 5. The van der Waals surface area contributed by atoms with E-state index in [1.54, 1.807) is 0 Å². The molecule has 2 aromatic rings. The van der Waals surface area contributed by atoms with Crippen molar-refractivity contribution in [2.24, 2.45) is 0 Å². The second-order valence-corrected chi connectivity index (χ2v) is 7.22. The molecule has 1 aliphatic rings. The quantitative estimate of drug-likeness (QED) is 0.363. The molecule has 1 unspecified atom stereocenters. The van der Waals surface area contributed by atoms with E-state index in [9.17, 15) is 9.59 Å². The highest BCUT2D eigenvalue weighted by atomic mass is 79.9. The van der Waals surface area contributed by atoms with Crippen LogP contribution in [0.25, 0.3) is 6.08 Å². The summed E-state index contributed by atoms with van der Waals surface area (Å²) in [7, 11) is 2.00. The van der Waals surface area contributed by atoms with Crippen molar-refractivity contribution in [1.29, 1.82) is 0 Å². The standard InChI is InChI=1S/C12H15N.C8H9BrO.C4H6O3/c1-13-9-8-11-7-6-10-4-2-3-5-12(10)11;9-6-7-10-8-4-2-1-3-5-8;1-3(5)7-4(2)6/h2-7,11,13H,8-9H2,1H3;1-5H,6-7H2;1-2H3. The summed E-state index contributed by atoms with van der Waals surface area (Å²) >= 11 is 3.28. The molecule has 0 fully saturated rings. The summed E-state index contributed by atoms with van der Waals surface area (Å²) in [5.41, 5.74) is 2.88. The van der Waals surface area contributed by atoms with Crippen LogP contribution in [0.2, 0.25) is 0 Å². The van der Waals surface area contributed by atoms with Crippen LogP contribution in [0.3, 0.4) is 0 Å². The normalized spacial score (nSPS) is 13.1. The number of allylic oxidation sites excluding steroid dienone is 1. The van der Waals surface area contributed by atoms with E-state index in [2.05, 4.69) is 62.4 Å². The van der Waals surface area contributed by atoms with Crippen molar-refractivity contribution in [1.82, 2.24) is 5.32 Å². The Morgan fingerprint density at radius 1 is 1.00 bits per heavy atom. The van der Waals surface area contributed by atoms with Gasteiger partial charge in [-0.25, -0.2) is 0 Å². The lowest BCUT2D eigenvalue weighted by atomic mass is 9.98. The Balaban J connectivity index is 0.000000238. The van der Waals surface area contributed by atoms with E-state index >= 15 is 0 Å². The highest BCUT2D eigenvalue weighted by Crippen LogP contribution is 2.31. The maximum Gasteiger partial charge on any atom is 0.310 e. The smallest absolute Gasteiger partial charge is 0.310 e. The van der Waals surface area contributed by atoms with Gasteiger partial charge in [0.25, 0.3) is 0 Å². The second kappa shape index (κ2) is 15.4. The minimum absolute atomic E-state index is 0.562. The highest BCUT2D eigenvalue weighted by molar-refractivity contribution is 9.09. The molecule has 2 aromatic carbocycles. The maximum atomic E-state index is 9.81. The van der Waals surface area contributed by atoms with Crippen molar-refractivity contribution in [3.63, 3.8) is 0 Å². The first kappa shape index (κ1) is 25.6. The predicted octanol–water partition coefficient (Wildman–Crippen LogP) is 4.96. The molecule has 1 atom stereocenters. The molecule has 0 bridgehead atoms. The Bertz CT molecular complexity index is 781. The van der Waals surface area contributed by atoms with Crippen LogP contribution in [0, 0.1) is 0 Å². The summed E-state index contributed by atoms with van der Waals surface area (Å²) in [5.74, 6) is 0.436. The third kappa shape index (κ3) is 10.9. The first-order valence-corrected chi connectivity index (χ1v) is 10.9. The number of hydrogen-bond donors (Lipinski definition) is 1. The molecule has 0 heterocycles.